The lowest BCUT2D eigenvalue weighted by molar-refractivity contribution is 0.0907. The number of ether oxygens (including phenoxy) is 2. The third-order valence-corrected chi connectivity index (χ3v) is 4.11. The third-order valence-electron chi connectivity index (χ3n) is 3.88. The SMILES string of the molecule is COCCOc1ccc(Cl)cc1C(=O)NC1CNCCC1C. The van der Waals surface area contributed by atoms with E-state index in [0.717, 1.165) is 19.5 Å². The minimum atomic E-state index is -0.157. The first-order chi connectivity index (χ1) is 10.6. The third kappa shape index (κ3) is 4.60. The molecule has 0 spiro atoms. The highest BCUT2D eigenvalue weighted by atomic mass is 35.5. The molecule has 1 fully saturated rings. The van der Waals surface area contributed by atoms with Gasteiger partial charge < -0.3 is 20.1 Å². The van der Waals surface area contributed by atoms with Crippen LogP contribution in [0.2, 0.25) is 5.02 Å². The molecule has 2 rings (SSSR count). The van der Waals surface area contributed by atoms with Crippen molar-refractivity contribution in [3.05, 3.63) is 28.8 Å². The van der Waals surface area contributed by atoms with E-state index in [1.807, 2.05) is 0 Å². The summed E-state index contributed by atoms with van der Waals surface area (Å²) in [7, 11) is 1.61. The Morgan fingerprint density at radius 3 is 3.00 bits per heavy atom. The number of carbonyl (C=O) groups excluding carboxylic acids is 1. The molecular formula is C16H23ClN2O3. The summed E-state index contributed by atoms with van der Waals surface area (Å²) in [6, 6.07) is 5.19. The van der Waals surface area contributed by atoms with Crippen molar-refractivity contribution in [3.63, 3.8) is 0 Å². The summed E-state index contributed by atoms with van der Waals surface area (Å²) in [5, 5.41) is 6.89. The Kier molecular flexibility index (Phi) is 6.49. The molecule has 2 atom stereocenters. The van der Waals surface area contributed by atoms with Crippen LogP contribution in [-0.2, 0) is 4.74 Å². The van der Waals surface area contributed by atoms with Gasteiger partial charge in [0.2, 0.25) is 0 Å². The van der Waals surface area contributed by atoms with E-state index in [9.17, 15) is 4.79 Å². The molecule has 0 aliphatic carbocycles. The second kappa shape index (κ2) is 8.36. The quantitative estimate of drug-likeness (QED) is 0.786. The summed E-state index contributed by atoms with van der Waals surface area (Å²) in [5.41, 5.74) is 0.460. The van der Waals surface area contributed by atoms with E-state index in [-0.39, 0.29) is 11.9 Å². The summed E-state index contributed by atoms with van der Waals surface area (Å²) in [6.45, 7) is 4.79. The van der Waals surface area contributed by atoms with Crippen LogP contribution in [0.25, 0.3) is 0 Å². The zero-order chi connectivity index (χ0) is 15.9. The van der Waals surface area contributed by atoms with Crippen LogP contribution in [0.1, 0.15) is 23.7 Å². The highest BCUT2D eigenvalue weighted by Crippen LogP contribution is 2.23. The molecule has 1 aromatic rings. The molecular weight excluding hydrogens is 304 g/mol. The molecule has 0 radical (unpaired) electrons. The summed E-state index contributed by atoms with van der Waals surface area (Å²) >= 11 is 6.02. The Morgan fingerprint density at radius 1 is 1.45 bits per heavy atom. The van der Waals surface area contributed by atoms with Gasteiger partial charge in [-0.1, -0.05) is 18.5 Å². The molecule has 0 bridgehead atoms. The van der Waals surface area contributed by atoms with Crippen molar-refractivity contribution in [2.24, 2.45) is 5.92 Å². The molecule has 5 nitrogen and oxygen atoms in total. The van der Waals surface area contributed by atoms with Gasteiger partial charge in [-0.15, -0.1) is 0 Å². The molecule has 122 valence electrons. The minimum absolute atomic E-state index is 0.118. The molecule has 6 heteroatoms. The fourth-order valence-corrected chi connectivity index (χ4v) is 2.64. The first kappa shape index (κ1) is 17.1. The molecule has 1 saturated heterocycles. The Balaban J connectivity index is 2.08. The molecule has 0 saturated carbocycles. The Labute approximate surface area is 136 Å². The number of hydrogen-bond donors (Lipinski definition) is 2. The van der Waals surface area contributed by atoms with Gasteiger partial charge >= 0.3 is 0 Å². The van der Waals surface area contributed by atoms with Gasteiger partial charge in [-0.3, -0.25) is 4.79 Å². The first-order valence-electron chi connectivity index (χ1n) is 7.54. The van der Waals surface area contributed by atoms with Crippen molar-refractivity contribution in [2.45, 2.75) is 19.4 Å². The summed E-state index contributed by atoms with van der Waals surface area (Å²) < 4.78 is 10.6. The van der Waals surface area contributed by atoms with Gasteiger partial charge in [-0.2, -0.15) is 0 Å². The van der Waals surface area contributed by atoms with Crippen LogP contribution in [0.15, 0.2) is 18.2 Å². The summed E-state index contributed by atoms with van der Waals surface area (Å²) in [6.07, 6.45) is 1.05. The molecule has 1 aromatic carbocycles. The molecule has 2 unspecified atom stereocenters. The minimum Gasteiger partial charge on any atom is -0.490 e. The molecule has 1 aliphatic rings. The van der Waals surface area contributed by atoms with Gasteiger partial charge in [0.05, 0.1) is 12.2 Å². The first-order valence-corrected chi connectivity index (χ1v) is 7.92. The van der Waals surface area contributed by atoms with Crippen LogP contribution >= 0.6 is 11.6 Å². The average molecular weight is 327 g/mol. The Morgan fingerprint density at radius 2 is 2.27 bits per heavy atom. The number of methoxy groups -OCH3 is 1. The Hall–Kier alpha value is -1.30. The number of amides is 1. The van der Waals surface area contributed by atoms with E-state index in [1.165, 1.54) is 0 Å². The molecule has 2 N–H and O–H groups in total. The van der Waals surface area contributed by atoms with Gasteiger partial charge in [0, 0.05) is 24.7 Å². The maximum Gasteiger partial charge on any atom is 0.255 e. The summed E-state index contributed by atoms with van der Waals surface area (Å²) in [5.74, 6) is 0.813. The predicted octanol–water partition coefficient (Wildman–Crippen LogP) is 2.09. The average Bonchev–Trinajstić information content (AvgIpc) is 2.51. The largest absolute Gasteiger partial charge is 0.490 e. The number of benzene rings is 1. The van der Waals surface area contributed by atoms with Gasteiger partial charge in [0.1, 0.15) is 12.4 Å². The van der Waals surface area contributed by atoms with Crippen LogP contribution < -0.4 is 15.4 Å². The van der Waals surface area contributed by atoms with Gasteiger partial charge in [0.15, 0.2) is 0 Å². The normalized spacial score (nSPS) is 21.4. The Bertz CT molecular complexity index is 510. The van der Waals surface area contributed by atoms with Crippen LogP contribution in [0.4, 0.5) is 0 Å². The van der Waals surface area contributed by atoms with E-state index in [0.29, 0.717) is 35.5 Å². The van der Waals surface area contributed by atoms with Crippen molar-refractivity contribution >= 4 is 17.5 Å². The highest BCUT2D eigenvalue weighted by Gasteiger charge is 2.24. The lowest BCUT2D eigenvalue weighted by Crippen LogP contribution is -2.50. The van der Waals surface area contributed by atoms with E-state index < -0.39 is 0 Å². The molecule has 1 heterocycles. The standard InChI is InChI=1S/C16H23ClN2O3/c1-11-5-6-18-10-14(11)19-16(20)13-9-12(17)3-4-15(13)22-8-7-21-2/h3-4,9,11,14,18H,5-8,10H2,1-2H3,(H,19,20). The maximum atomic E-state index is 12.6. The lowest BCUT2D eigenvalue weighted by atomic mass is 9.94. The van der Waals surface area contributed by atoms with Crippen molar-refractivity contribution in [3.8, 4) is 5.75 Å². The predicted molar refractivity (Wildman–Crippen MR) is 86.7 cm³/mol. The number of nitrogens with one attached hydrogen (secondary N) is 2. The second-order valence-electron chi connectivity index (χ2n) is 5.53. The fourth-order valence-electron chi connectivity index (χ4n) is 2.47. The lowest BCUT2D eigenvalue weighted by Gasteiger charge is -2.30. The van der Waals surface area contributed by atoms with Crippen molar-refractivity contribution in [1.29, 1.82) is 0 Å². The maximum absolute atomic E-state index is 12.6. The van der Waals surface area contributed by atoms with Crippen LogP contribution in [0.3, 0.4) is 0 Å². The summed E-state index contributed by atoms with van der Waals surface area (Å²) in [4.78, 5) is 12.6. The van der Waals surface area contributed by atoms with Crippen molar-refractivity contribution < 1.29 is 14.3 Å². The topological polar surface area (TPSA) is 59.6 Å². The second-order valence-corrected chi connectivity index (χ2v) is 5.97. The number of halogens is 1. The monoisotopic (exact) mass is 326 g/mol. The van der Waals surface area contributed by atoms with Crippen LogP contribution in [0, 0.1) is 5.92 Å². The van der Waals surface area contributed by atoms with E-state index >= 15 is 0 Å². The van der Waals surface area contributed by atoms with Crippen molar-refractivity contribution in [1.82, 2.24) is 10.6 Å². The molecule has 0 aromatic heterocycles. The zero-order valence-electron chi connectivity index (χ0n) is 13.0. The number of rotatable bonds is 6. The van der Waals surface area contributed by atoms with Crippen molar-refractivity contribution in [2.75, 3.05) is 33.4 Å². The van der Waals surface area contributed by atoms with Crippen LogP contribution in [0.5, 0.6) is 5.75 Å². The molecule has 1 aliphatic heterocycles. The highest BCUT2D eigenvalue weighted by molar-refractivity contribution is 6.31. The number of piperidine rings is 1. The van der Waals surface area contributed by atoms with Crippen LogP contribution in [-0.4, -0.2) is 45.4 Å². The smallest absolute Gasteiger partial charge is 0.255 e. The van der Waals surface area contributed by atoms with E-state index in [4.69, 9.17) is 21.1 Å². The number of hydrogen-bond acceptors (Lipinski definition) is 4. The van der Waals surface area contributed by atoms with Gasteiger partial charge in [-0.05, 0) is 37.1 Å². The molecule has 22 heavy (non-hydrogen) atoms. The van der Waals surface area contributed by atoms with Gasteiger partial charge in [0.25, 0.3) is 5.91 Å². The van der Waals surface area contributed by atoms with E-state index in [1.54, 1.807) is 25.3 Å². The molecule has 1 amide bonds. The van der Waals surface area contributed by atoms with E-state index in [2.05, 4.69) is 17.6 Å². The fraction of sp³-hybridized carbons (Fsp3) is 0.562. The zero-order valence-corrected chi connectivity index (χ0v) is 13.8. The number of carbonyl (C=O) groups is 1. The van der Waals surface area contributed by atoms with Gasteiger partial charge in [-0.25, -0.2) is 0 Å².